The molecule has 0 saturated heterocycles. The van der Waals surface area contributed by atoms with Crippen molar-refractivity contribution in [3.8, 4) is 0 Å². The van der Waals surface area contributed by atoms with Crippen molar-refractivity contribution < 1.29 is 9.18 Å². The van der Waals surface area contributed by atoms with Crippen LogP contribution in [0.25, 0.3) is 0 Å². The summed E-state index contributed by atoms with van der Waals surface area (Å²) in [6.07, 6.45) is 2.15. The molecule has 16 heavy (non-hydrogen) atoms. The van der Waals surface area contributed by atoms with Gasteiger partial charge in [0.1, 0.15) is 17.3 Å². The van der Waals surface area contributed by atoms with E-state index in [4.69, 9.17) is 11.6 Å². The van der Waals surface area contributed by atoms with Gasteiger partial charge in [-0.25, -0.2) is 14.5 Å². The third-order valence-electron chi connectivity index (χ3n) is 1.70. The molecule has 0 bridgehead atoms. The molecule has 0 aliphatic carbocycles. The van der Waals surface area contributed by atoms with Crippen LogP contribution in [-0.2, 0) is 0 Å². The summed E-state index contributed by atoms with van der Waals surface area (Å²) in [5, 5.41) is 8.22. The van der Waals surface area contributed by atoms with Gasteiger partial charge >= 0.3 is 0 Å². The number of hydrogen-bond donors (Lipinski definition) is 2. The Kier molecular flexibility index (Phi) is 2.78. The van der Waals surface area contributed by atoms with Crippen LogP contribution in [0.5, 0.6) is 0 Å². The number of nitrogens with one attached hydrogen (secondary N) is 2. The summed E-state index contributed by atoms with van der Waals surface area (Å²) in [6, 6.07) is 0.987. The van der Waals surface area contributed by atoms with Gasteiger partial charge < -0.3 is 0 Å². The maximum Gasteiger partial charge on any atom is 0.261 e. The lowest BCUT2D eigenvalue weighted by atomic mass is 10.2. The lowest BCUT2D eigenvalue weighted by Crippen LogP contribution is -2.14. The third-order valence-corrected chi connectivity index (χ3v) is 2.00. The van der Waals surface area contributed by atoms with Gasteiger partial charge in [0.25, 0.3) is 5.91 Å². The summed E-state index contributed by atoms with van der Waals surface area (Å²) in [5.74, 6) is -1.12. The minimum Gasteiger partial charge on any atom is -0.291 e. The number of carbonyl (C=O) groups is 1. The molecule has 0 aromatic carbocycles. The van der Waals surface area contributed by atoms with E-state index in [9.17, 15) is 9.18 Å². The number of rotatable bonds is 2. The first-order valence-corrected chi connectivity index (χ1v) is 4.52. The molecule has 8 heteroatoms. The number of anilines is 1. The molecule has 6 nitrogen and oxygen atoms in total. The fraction of sp³-hybridized carbons (Fsp3) is 0. The predicted octanol–water partition coefficient (Wildman–Crippen LogP) is 1.24. The van der Waals surface area contributed by atoms with Gasteiger partial charge in [-0.05, 0) is 6.07 Å². The second kappa shape index (κ2) is 4.23. The Morgan fingerprint density at radius 1 is 1.50 bits per heavy atom. The Morgan fingerprint density at radius 3 is 3.00 bits per heavy atom. The molecule has 1 amide bonds. The van der Waals surface area contributed by atoms with Crippen LogP contribution in [0.15, 0.2) is 18.6 Å². The molecule has 0 fully saturated rings. The van der Waals surface area contributed by atoms with Gasteiger partial charge in [0, 0.05) is 0 Å². The minimum absolute atomic E-state index is 0.0712. The number of aromatic nitrogens is 4. The zero-order valence-corrected chi connectivity index (χ0v) is 8.49. The zero-order valence-electron chi connectivity index (χ0n) is 7.74. The third kappa shape index (κ3) is 2.14. The van der Waals surface area contributed by atoms with Crippen LogP contribution in [0.1, 0.15) is 10.4 Å². The fourth-order valence-corrected chi connectivity index (χ4v) is 1.21. The van der Waals surface area contributed by atoms with Crippen LogP contribution in [0.4, 0.5) is 10.3 Å². The van der Waals surface area contributed by atoms with E-state index in [2.05, 4.69) is 25.5 Å². The zero-order chi connectivity index (χ0) is 11.5. The van der Waals surface area contributed by atoms with Crippen molar-refractivity contribution in [2.24, 2.45) is 0 Å². The van der Waals surface area contributed by atoms with Crippen LogP contribution < -0.4 is 5.32 Å². The number of pyridine rings is 1. The Labute approximate surface area is 93.9 Å². The molecule has 82 valence electrons. The van der Waals surface area contributed by atoms with Crippen LogP contribution >= 0.6 is 11.6 Å². The number of hydrogen-bond acceptors (Lipinski definition) is 4. The van der Waals surface area contributed by atoms with Crippen molar-refractivity contribution in [1.82, 2.24) is 20.2 Å². The quantitative estimate of drug-likeness (QED) is 0.775. The van der Waals surface area contributed by atoms with Gasteiger partial charge in [0.05, 0.1) is 11.8 Å². The van der Waals surface area contributed by atoms with Gasteiger partial charge in [-0.15, -0.1) is 0 Å². The lowest BCUT2D eigenvalue weighted by molar-refractivity contribution is 0.102. The molecule has 2 aromatic rings. The Bertz CT molecular complexity index is 515. The molecule has 0 unspecified atom stereocenters. The normalized spacial score (nSPS) is 10.1. The number of aromatic amines is 1. The van der Waals surface area contributed by atoms with E-state index in [0.717, 1.165) is 12.3 Å². The van der Waals surface area contributed by atoms with Crippen LogP contribution in [-0.4, -0.2) is 26.1 Å². The first-order chi connectivity index (χ1) is 7.66. The molecule has 0 saturated carbocycles. The van der Waals surface area contributed by atoms with Crippen LogP contribution in [0, 0.1) is 5.82 Å². The standard InChI is InChI=1S/C8H5ClFN5O/c9-6-5(1-4(10)2-11-6)7(16)14-8-12-3-13-15-8/h1-3H,(H2,12,13,14,15,16). The summed E-state index contributed by atoms with van der Waals surface area (Å²) in [7, 11) is 0. The highest BCUT2D eigenvalue weighted by Gasteiger charge is 2.13. The van der Waals surface area contributed by atoms with Gasteiger partial charge in [0.15, 0.2) is 0 Å². The predicted molar refractivity (Wildman–Crippen MR) is 53.5 cm³/mol. The molecule has 2 aromatic heterocycles. The van der Waals surface area contributed by atoms with E-state index >= 15 is 0 Å². The van der Waals surface area contributed by atoms with E-state index in [0.29, 0.717) is 0 Å². The van der Waals surface area contributed by atoms with Crippen molar-refractivity contribution in [3.63, 3.8) is 0 Å². The van der Waals surface area contributed by atoms with Crippen molar-refractivity contribution in [3.05, 3.63) is 35.1 Å². The molecule has 0 aliphatic rings. The average molecular weight is 242 g/mol. The molecule has 0 atom stereocenters. The fourth-order valence-electron chi connectivity index (χ4n) is 1.02. The summed E-state index contributed by atoms with van der Waals surface area (Å²) in [5.41, 5.74) is -0.0712. The maximum absolute atomic E-state index is 12.8. The molecular formula is C8H5ClFN5O. The van der Waals surface area contributed by atoms with Gasteiger partial charge in [0.2, 0.25) is 5.95 Å². The second-order valence-electron chi connectivity index (χ2n) is 2.78. The minimum atomic E-state index is -0.646. The van der Waals surface area contributed by atoms with E-state index in [1.54, 1.807) is 0 Å². The smallest absolute Gasteiger partial charge is 0.261 e. The summed E-state index contributed by atoms with van der Waals surface area (Å²) in [4.78, 5) is 18.8. The number of halogens is 2. The molecule has 2 N–H and O–H groups in total. The second-order valence-corrected chi connectivity index (χ2v) is 3.14. The molecule has 2 heterocycles. The SMILES string of the molecule is O=C(Nc1ncn[nH]1)c1cc(F)cnc1Cl. The first-order valence-electron chi connectivity index (χ1n) is 4.14. The van der Waals surface area contributed by atoms with Crippen molar-refractivity contribution in [2.75, 3.05) is 5.32 Å². The molecule has 0 spiro atoms. The van der Waals surface area contributed by atoms with Gasteiger partial charge in [-0.1, -0.05) is 11.6 Å². The lowest BCUT2D eigenvalue weighted by Gasteiger charge is -2.02. The number of amides is 1. The summed E-state index contributed by atoms with van der Waals surface area (Å²) < 4.78 is 12.8. The van der Waals surface area contributed by atoms with E-state index in [-0.39, 0.29) is 16.7 Å². The molecule has 0 aliphatic heterocycles. The van der Waals surface area contributed by atoms with Crippen molar-refractivity contribution >= 4 is 23.5 Å². The highest BCUT2D eigenvalue weighted by molar-refractivity contribution is 6.33. The van der Waals surface area contributed by atoms with Gasteiger partial charge in [-0.3, -0.25) is 10.1 Å². The maximum atomic E-state index is 12.8. The summed E-state index contributed by atoms with van der Waals surface area (Å²) in [6.45, 7) is 0. The largest absolute Gasteiger partial charge is 0.291 e. The molecule has 0 radical (unpaired) electrons. The topological polar surface area (TPSA) is 83.6 Å². The van der Waals surface area contributed by atoms with Crippen molar-refractivity contribution in [2.45, 2.75) is 0 Å². The monoisotopic (exact) mass is 241 g/mol. The Hall–Kier alpha value is -2.02. The van der Waals surface area contributed by atoms with Crippen LogP contribution in [0.3, 0.4) is 0 Å². The average Bonchev–Trinajstić information content (AvgIpc) is 2.74. The van der Waals surface area contributed by atoms with E-state index in [1.807, 2.05) is 0 Å². The van der Waals surface area contributed by atoms with E-state index in [1.165, 1.54) is 6.33 Å². The highest BCUT2D eigenvalue weighted by Crippen LogP contribution is 2.14. The molecule has 2 rings (SSSR count). The number of H-pyrrole nitrogens is 1. The highest BCUT2D eigenvalue weighted by atomic mass is 35.5. The van der Waals surface area contributed by atoms with E-state index < -0.39 is 11.7 Å². The molecular weight excluding hydrogens is 237 g/mol. The first kappa shape index (κ1) is 10.5. The number of nitrogens with zero attached hydrogens (tertiary/aromatic N) is 3. The Balaban J connectivity index is 2.24. The van der Waals surface area contributed by atoms with Crippen molar-refractivity contribution in [1.29, 1.82) is 0 Å². The summed E-state index contributed by atoms with van der Waals surface area (Å²) >= 11 is 5.65. The van der Waals surface area contributed by atoms with Crippen LogP contribution in [0.2, 0.25) is 5.15 Å². The Morgan fingerprint density at radius 2 is 2.31 bits per heavy atom. The van der Waals surface area contributed by atoms with Gasteiger partial charge in [-0.2, -0.15) is 10.1 Å². The number of carbonyl (C=O) groups excluding carboxylic acids is 1.